The molecule has 2 N–H and O–H groups in total. The molecule has 1 saturated carbocycles. The number of hydrogen-bond acceptors (Lipinski definition) is 1. The van der Waals surface area contributed by atoms with Gasteiger partial charge in [-0.25, -0.2) is 0 Å². The summed E-state index contributed by atoms with van der Waals surface area (Å²) in [5.74, 6) is 0.885. The van der Waals surface area contributed by atoms with Crippen LogP contribution in [-0.2, 0) is 6.54 Å². The normalized spacial score (nSPS) is 18.5. The summed E-state index contributed by atoms with van der Waals surface area (Å²) in [4.78, 5) is 3.27. The number of benzene rings is 1. The van der Waals surface area contributed by atoms with Crippen molar-refractivity contribution in [3.63, 3.8) is 0 Å². The Morgan fingerprint density at radius 1 is 1.28 bits per heavy atom. The van der Waals surface area contributed by atoms with Gasteiger partial charge in [-0.15, -0.1) is 0 Å². The first-order valence-electron chi connectivity index (χ1n) is 7.13. The Balaban J connectivity index is 1.67. The molecular formula is C16H22N2. The number of rotatable bonds is 4. The van der Waals surface area contributed by atoms with E-state index in [0.717, 1.165) is 12.5 Å². The molecule has 1 atom stereocenters. The molecule has 2 heteroatoms. The Bertz CT molecular complexity index is 509. The lowest BCUT2D eigenvalue weighted by atomic mass is 9.99. The summed E-state index contributed by atoms with van der Waals surface area (Å²) in [6.07, 6.45) is 7.67. The maximum atomic E-state index is 3.71. The summed E-state index contributed by atoms with van der Waals surface area (Å²) in [6, 6.07) is 9.31. The third kappa shape index (κ3) is 2.30. The van der Waals surface area contributed by atoms with Crippen LogP contribution >= 0.6 is 0 Å². The number of H-pyrrole nitrogens is 1. The van der Waals surface area contributed by atoms with Gasteiger partial charge in [0.1, 0.15) is 0 Å². The standard InChI is InChI=1S/C16H22N2/c1-12(13-5-2-3-6-13)18-11-14-7-4-8-16-15(14)9-10-17-16/h4,7-10,12-13,17-18H,2-3,5-6,11H2,1H3. The zero-order valence-corrected chi connectivity index (χ0v) is 11.1. The number of nitrogens with one attached hydrogen (secondary N) is 2. The molecule has 1 aliphatic rings. The van der Waals surface area contributed by atoms with Gasteiger partial charge in [0, 0.05) is 29.7 Å². The van der Waals surface area contributed by atoms with Crippen LogP contribution in [0.1, 0.15) is 38.2 Å². The highest BCUT2D eigenvalue weighted by atomic mass is 14.9. The minimum Gasteiger partial charge on any atom is -0.361 e. The SMILES string of the molecule is CC(NCc1cccc2[nH]ccc12)C1CCCC1. The molecule has 18 heavy (non-hydrogen) atoms. The van der Waals surface area contributed by atoms with Crippen LogP contribution in [0.5, 0.6) is 0 Å². The monoisotopic (exact) mass is 242 g/mol. The quantitative estimate of drug-likeness (QED) is 0.837. The zero-order chi connectivity index (χ0) is 12.4. The van der Waals surface area contributed by atoms with Crippen LogP contribution in [0.2, 0.25) is 0 Å². The van der Waals surface area contributed by atoms with Gasteiger partial charge in [0.15, 0.2) is 0 Å². The summed E-state index contributed by atoms with van der Waals surface area (Å²) < 4.78 is 0. The lowest BCUT2D eigenvalue weighted by molar-refractivity contribution is 0.381. The largest absolute Gasteiger partial charge is 0.361 e. The van der Waals surface area contributed by atoms with Crippen molar-refractivity contribution in [1.29, 1.82) is 0 Å². The first kappa shape index (κ1) is 11.8. The van der Waals surface area contributed by atoms with Crippen molar-refractivity contribution in [3.05, 3.63) is 36.0 Å². The molecule has 1 heterocycles. The van der Waals surface area contributed by atoms with E-state index >= 15 is 0 Å². The fraction of sp³-hybridized carbons (Fsp3) is 0.500. The van der Waals surface area contributed by atoms with Crippen molar-refractivity contribution in [1.82, 2.24) is 10.3 Å². The third-order valence-corrected chi connectivity index (χ3v) is 4.41. The minimum atomic E-state index is 0.640. The lowest BCUT2D eigenvalue weighted by Crippen LogP contribution is -2.31. The molecular weight excluding hydrogens is 220 g/mol. The van der Waals surface area contributed by atoms with Gasteiger partial charge in [-0.05, 0) is 43.4 Å². The maximum Gasteiger partial charge on any atom is 0.0457 e. The van der Waals surface area contributed by atoms with Gasteiger partial charge < -0.3 is 10.3 Å². The molecule has 0 bridgehead atoms. The summed E-state index contributed by atoms with van der Waals surface area (Å²) >= 11 is 0. The first-order valence-corrected chi connectivity index (χ1v) is 7.13. The summed E-state index contributed by atoms with van der Waals surface area (Å²) in [5.41, 5.74) is 2.64. The second-order valence-electron chi connectivity index (χ2n) is 5.57. The molecule has 0 radical (unpaired) electrons. The topological polar surface area (TPSA) is 27.8 Å². The van der Waals surface area contributed by atoms with Gasteiger partial charge in [-0.3, -0.25) is 0 Å². The summed E-state index contributed by atoms with van der Waals surface area (Å²) in [7, 11) is 0. The molecule has 2 nitrogen and oxygen atoms in total. The van der Waals surface area contributed by atoms with Gasteiger partial charge in [0.2, 0.25) is 0 Å². The highest BCUT2D eigenvalue weighted by Crippen LogP contribution is 2.27. The van der Waals surface area contributed by atoms with E-state index in [-0.39, 0.29) is 0 Å². The van der Waals surface area contributed by atoms with Crippen molar-refractivity contribution < 1.29 is 0 Å². The first-order chi connectivity index (χ1) is 8.84. The van der Waals surface area contributed by atoms with E-state index in [0.29, 0.717) is 6.04 Å². The summed E-state index contributed by atoms with van der Waals surface area (Å²) in [5, 5.41) is 5.06. The van der Waals surface area contributed by atoms with E-state index in [9.17, 15) is 0 Å². The Morgan fingerprint density at radius 3 is 2.94 bits per heavy atom. The molecule has 2 aromatic rings. The second-order valence-corrected chi connectivity index (χ2v) is 5.57. The smallest absolute Gasteiger partial charge is 0.0457 e. The highest BCUT2D eigenvalue weighted by molar-refractivity contribution is 5.82. The fourth-order valence-electron chi connectivity index (χ4n) is 3.20. The van der Waals surface area contributed by atoms with Crippen LogP contribution in [0.15, 0.2) is 30.5 Å². The fourth-order valence-corrected chi connectivity index (χ4v) is 3.20. The van der Waals surface area contributed by atoms with Gasteiger partial charge in [-0.1, -0.05) is 25.0 Å². The van der Waals surface area contributed by atoms with Crippen LogP contribution in [0.25, 0.3) is 10.9 Å². The molecule has 0 spiro atoms. The number of aromatic amines is 1. The van der Waals surface area contributed by atoms with Gasteiger partial charge >= 0.3 is 0 Å². The molecule has 1 aromatic heterocycles. The van der Waals surface area contributed by atoms with E-state index in [1.54, 1.807) is 0 Å². The van der Waals surface area contributed by atoms with Crippen LogP contribution < -0.4 is 5.32 Å². The van der Waals surface area contributed by atoms with E-state index in [1.165, 1.54) is 42.1 Å². The lowest BCUT2D eigenvalue weighted by Gasteiger charge is -2.20. The van der Waals surface area contributed by atoms with Gasteiger partial charge in [0.05, 0.1) is 0 Å². The minimum absolute atomic E-state index is 0.640. The Labute approximate surface area is 109 Å². The molecule has 1 aromatic carbocycles. The molecule has 0 amide bonds. The molecule has 1 fully saturated rings. The van der Waals surface area contributed by atoms with E-state index in [1.807, 2.05) is 6.20 Å². The van der Waals surface area contributed by atoms with Gasteiger partial charge in [0.25, 0.3) is 0 Å². The molecule has 1 aliphatic carbocycles. The molecule has 3 rings (SSSR count). The van der Waals surface area contributed by atoms with Crippen LogP contribution in [-0.4, -0.2) is 11.0 Å². The van der Waals surface area contributed by atoms with Crippen molar-refractivity contribution in [2.75, 3.05) is 0 Å². The number of aromatic nitrogens is 1. The molecule has 96 valence electrons. The van der Waals surface area contributed by atoms with Crippen molar-refractivity contribution >= 4 is 10.9 Å². The van der Waals surface area contributed by atoms with Crippen molar-refractivity contribution in [2.45, 2.75) is 45.2 Å². The van der Waals surface area contributed by atoms with E-state index < -0.39 is 0 Å². The highest BCUT2D eigenvalue weighted by Gasteiger charge is 2.20. The molecule has 0 saturated heterocycles. The average Bonchev–Trinajstić information content (AvgIpc) is 3.05. The Morgan fingerprint density at radius 2 is 2.11 bits per heavy atom. The Hall–Kier alpha value is -1.28. The molecule has 0 aliphatic heterocycles. The van der Waals surface area contributed by atoms with E-state index in [4.69, 9.17) is 0 Å². The van der Waals surface area contributed by atoms with Crippen LogP contribution in [0.4, 0.5) is 0 Å². The van der Waals surface area contributed by atoms with Crippen LogP contribution in [0.3, 0.4) is 0 Å². The number of fused-ring (bicyclic) bond motifs is 1. The maximum absolute atomic E-state index is 3.71. The van der Waals surface area contributed by atoms with E-state index in [2.05, 4.69) is 41.5 Å². The Kier molecular flexibility index (Phi) is 3.37. The second kappa shape index (κ2) is 5.15. The number of hydrogen-bond donors (Lipinski definition) is 2. The van der Waals surface area contributed by atoms with Gasteiger partial charge in [-0.2, -0.15) is 0 Å². The predicted molar refractivity (Wildman–Crippen MR) is 76.6 cm³/mol. The third-order valence-electron chi connectivity index (χ3n) is 4.41. The van der Waals surface area contributed by atoms with Crippen molar-refractivity contribution in [2.24, 2.45) is 5.92 Å². The molecule has 1 unspecified atom stereocenters. The van der Waals surface area contributed by atoms with Crippen LogP contribution in [0, 0.1) is 5.92 Å². The average molecular weight is 242 g/mol. The summed E-state index contributed by atoms with van der Waals surface area (Å²) in [6.45, 7) is 3.32. The zero-order valence-electron chi connectivity index (χ0n) is 11.1. The van der Waals surface area contributed by atoms with Crippen molar-refractivity contribution in [3.8, 4) is 0 Å². The predicted octanol–water partition coefficient (Wildman–Crippen LogP) is 3.84.